The summed E-state index contributed by atoms with van der Waals surface area (Å²) in [6.45, 7) is 7.50. The molecule has 0 radical (unpaired) electrons. The van der Waals surface area contributed by atoms with Gasteiger partial charge in [-0.2, -0.15) is 0 Å². The van der Waals surface area contributed by atoms with Crippen molar-refractivity contribution >= 4 is 6.45 Å². The summed E-state index contributed by atoms with van der Waals surface area (Å²) in [7, 11) is 0. The molecule has 0 bridgehead atoms. The number of carbonyl (C=O) groups is 1. The molecule has 7 heavy (non-hydrogen) atoms. The number of allylic oxidation sites excluding steroid dienone is 1. The van der Waals surface area contributed by atoms with Crippen LogP contribution in [0.3, 0.4) is 0 Å². The van der Waals surface area contributed by atoms with Gasteiger partial charge in [0, 0.05) is 0 Å². The molecule has 1 N–H and O–H groups in total. The predicted octanol–water partition coefficient (Wildman–Crippen LogP) is 1.28. The lowest BCUT2D eigenvalue weighted by atomic mass is 10.4. The van der Waals surface area contributed by atoms with Crippen LogP contribution in [0.2, 0.25) is 0 Å². The smallest absolute Gasteiger partial charge is 0.290 e. The Kier molecular flexibility index (Phi) is 7.95. The van der Waals surface area contributed by atoms with E-state index in [1.807, 2.05) is 13.8 Å². The van der Waals surface area contributed by atoms with Crippen molar-refractivity contribution in [3.63, 3.8) is 0 Å². The van der Waals surface area contributed by atoms with Crippen molar-refractivity contribution in [2.24, 2.45) is 0 Å². The Balaban J connectivity index is 0. The Morgan fingerprint density at radius 2 is 2.00 bits per heavy atom. The maximum atomic E-state index is 8.67. The fraction of sp³-hybridized carbons (Fsp3) is 0.400. The normalized spacial score (nSPS) is 7.43. The zero-order valence-electron chi connectivity index (χ0n) is 5.56. The molecule has 0 atom stereocenters. The second-order valence-corrected chi connectivity index (χ2v) is 1.30. The summed E-state index contributed by atoms with van der Waals surface area (Å²) in [5, 5.41) is 7.08. The van der Waals surface area contributed by atoms with Gasteiger partial charge in [-0.15, -0.1) is 6.58 Å². The lowest BCUT2D eigenvalue weighted by Gasteiger charge is -1.65. The van der Waals surface area contributed by atoms with Crippen molar-refractivity contribution in [2.75, 3.05) is 0 Å². The molecule has 0 aliphatic carbocycles. The van der Waals surface area contributed by atoms with E-state index in [4.69, 9.17) is 11.3 Å². The van der Waals surface area contributed by atoms with Crippen molar-refractivity contribution in [3.8, 4) is 0 Å². The van der Waals surface area contributed by atoms with Crippen LogP contribution in [0, 0.1) is 0 Å². The van der Waals surface area contributed by atoms with E-state index in [1.54, 1.807) is 0 Å². The lowest BCUT2D eigenvalue weighted by molar-refractivity contribution is -0.122. The summed E-state index contributed by atoms with van der Waals surface area (Å²) in [4.78, 5) is 8.67. The minimum absolute atomic E-state index is 1.17. The van der Waals surface area contributed by atoms with Gasteiger partial charge in [0.25, 0.3) is 6.45 Å². The first-order valence-electron chi connectivity index (χ1n) is 2.28. The van der Waals surface area contributed by atoms with E-state index in [2.05, 4.69) is 6.58 Å². The molecule has 0 aliphatic heterocycles. The van der Waals surface area contributed by atoms with Gasteiger partial charge in [-0.3, -0.25) is 4.79 Å². The SMILES string of the molecule is C=C(C)C.[2H]C(=O)O. The van der Waals surface area contributed by atoms with E-state index < -0.39 is 6.45 Å². The third-order valence-corrected chi connectivity index (χ3v) is 0. The first kappa shape index (κ1) is 6.21. The van der Waals surface area contributed by atoms with Crippen molar-refractivity contribution in [3.05, 3.63) is 12.2 Å². The Labute approximate surface area is 44.9 Å². The van der Waals surface area contributed by atoms with Gasteiger partial charge in [0.1, 0.15) is 0 Å². The van der Waals surface area contributed by atoms with Gasteiger partial charge in [0.2, 0.25) is 0 Å². The molecule has 2 heteroatoms. The van der Waals surface area contributed by atoms with Crippen LogP contribution < -0.4 is 0 Å². The van der Waals surface area contributed by atoms with E-state index in [9.17, 15) is 0 Å². The van der Waals surface area contributed by atoms with Gasteiger partial charge in [0.05, 0.1) is 0 Å². The molecule has 0 unspecified atom stereocenters. The standard InChI is InChI=1S/C4H8.CH2O2/c1-4(2)3;2-1-3/h1H2,2-3H3;1H,(H,2,3)/i;1D. The minimum Gasteiger partial charge on any atom is -0.483 e. The Morgan fingerprint density at radius 1 is 2.00 bits per heavy atom. The van der Waals surface area contributed by atoms with Crippen LogP contribution in [0.25, 0.3) is 0 Å². The van der Waals surface area contributed by atoms with Gasteiger partial charge in [-0.1, -0.05) is 5.57 Å². The highest BCUT2D eigenvalue weighted by Crippen LogP contribution is 1.73. The maximum Gasteiger partial charge on any atom is 0.290 e. The molecule has 42 valence electrons. The summed E-state index contributed by atoms with van der Waals surface area (Å²) in [6.07, 6.45) is -1.58. The monoisotopic (exact) mass is 103 g/mol. The highest BCUT2D eigenvalue weighted by atomic mass is 16.3. The Hall–Kier alpha value is -0.790. The van der Waals surface area contributed by atoms with E-state index in [0.717, 1.165) is 0 Å². The summed E-state index contributed by atoms with van der Waals surface area (Å²) in [5.74, 6) is 0. The second-order valence-electron chi connectivity index (χ2n) is 1.30. The fourth-order valence-electron chi connectivity index (χ4n) is 0. The first-order chi connectivity index (χ1) is 3.46. The van der Waals surface area contributed by atoms with Crippen LogP contribution in [0.15, 0.2) is 12.2 Å². The molecule has 2 nitrogen and oxygen atoms in total. The van der Waals surface area contributed by atoms with Crippen molar-refractivity contribution < 1.29 is 11.3 Å². The van der Waals surface area contributed by atoms with Crippen LogP contribution in [0.5, 0.6) is 0 Å². The fourth-order valence-corrected chi connectivity index (χ4v) is 0. The zero-order valence-corrected chi connectivity index (χ0v) is 4.56. The van der Waals surface area contributed by atoms with Gasteiger partial charge in [-0.25, -0.2) is 0 Å². The molecular formula is C5H10O2. The van der Waals surface area contributed by atoms with Gasteiger partial charge >= 0.3 is 0 Å². The third-order valence-electron chi connectivity index (χ3n) is 0. The summed E-state index contributed by atoms with van der Waals surface area (Å²) in [5.41, 5.74) is 1.17. The molecule has 0 rings (SSSR count). The van der Waals surface area contributed by atoms with Gasteiger partial charge < -0.3 is 5.11 Å². The topological polar surface area (TPSA) is 37.3 Å². The molecule has 0 amide bonds. The molecule has 0 fully saturated rings. The van der Waals surface area contributed by atoms with Crippen molar-refractivity contribution in [1.82, 2.24) is 0 Å². The predicted molar refractivity (Wildman–Crippen MR) is 29.2 cm³/mol. The number of carboxylic acid groups (broad SMARTS) is 1. The maximum absolute atomic E-state index is 8.67. The molecule has 0 saturated heterocycles. The number of hydrogen-bond acceptors (Lipinski definition) is 1. The number of hydrogen-bond donors (Lipinski definition) is 1. The van der Waals surface area contributed by atoms with Crippen LogP contribution in [-0.4, -0.2) is 11.6 Å². The van der Waals surface area contributed by atoms with E-state index >= 15 is 0 Å². The second kappa shape index (κ2) is 8.96. The lowest BCUT2D eigenvalue weighted by Crippen LogP contribution is -1.49. The van der Waals surface area contributed by atoms with Crippen LogP contribution in [0.1, 0.15) is 15.2 Å². The van der Waals surface area contributed by atoms with Crippen molar-refractivity contribution in [1.29, 1.82) is 0 Å². The van der Waals surface area contributed by atoms with Crippen molar-refractivity contribution in [2.45, 2.75) is 13.8 Å². The van der Waals surface area contributed by atoms with Crippen LogP contribution in [-0.2, 0) is 4.79 Å². The molecule has 0 aromatic rings. The molecule has 0 aromatic heterocycles. The molecule has 0 aromatic carbocycles. The molecular weight excluding hydrogens is 92.1 g/mol. The average molecular weight is 103 g/mol. The van der Waals surface area contributed by atoms with E-state index in [0.29, 0.717) is 0 Å². The molecule has 0 heterocycles. The summed E-state index contributed by atoms with van der Waals surface area (Å²) >= 11 is 0. The van der Waals surface area contributed by atoms with Crippen LogP contribution >= 0.6 is 0 Å². The zero-order chi connectivity index (χ0) is 7.15. The largest absolute Gasteiger partial charge is 0.483 e. The first-order valence-corrected chi connectivity index (χ1v) is 1.78. The third kappa shape index (κ3) is 86.0. The Morgan fingerprint density at radius 3 is 2.00 bits per heavy atom. The average Bonchev–Trinajstić information content (AvgIpc) is 1.25. The molecule has 0 spiro atoms. The van der Waals surface area contributed by atoms with Gasteiger partial charge in [0.15, 0.2) is 1.37 Å². The quantitative estimate of drug-likeness (QED) is 0.370. The molecule has 0 aliphatic rings. The highest BCUT2D eigenvalue weighted by Gasteiger charge is 1.51. The molecule has 0 saturated carbocycles. The minimum atomic E-state index is -1.58. The van der Waals surface area contributed by atoms with Crippen LogP contribution in [0.4, 0.5) is 0 Å². The summed E-state index contributed by atoms with van der Waals surface area (Å²) < 4.78 is 5.50. The highest BCUT2D eigenvalue weighted by molar-refractivity contribution is 5.32. The summed E-state index contributed by atoms with van der Waals surface area (Å²) in [6, 6.07) is 0. The van der Waals surface area contributed by atoms with Gasteiger partial charge in [-0.05, 0) is 13.8 Å². The van der Waals surface area contributed by atoms with E-state index in [1.165, 1.54) is 5.57 Å². The van der Waals surface area contributed by atoms with E-state index in [-0.39, 0.29) is 0 Å². The Bertz CT molecular complexity index is 68.4. The number of rotatable bonds is 0.